The van der Waals surface area contributed by atoms with Crippen LogP contribution in [0.1, 0.15) is 30.9 Å². The minimum atomic E-state index is 0. The van der Waals surface area contributed by atoms with Gasteiger partial charge in [0.25, 0.3) is 0 Å². The highest BCUT2D eigenvalue weighted by Gasteiger charge is 2.16. The normalized spacial score (nSPS) is 18.3. The number of anilines is 1. The Kier molecular flexibility index (Phi) is 6.88. The Morgan fingerprint density at radius 3 is 2.52 bits per heavy atom. The van der Waals surface area contributed by atoms with Crippen LogP contribution in [-0.2, 0) is 17.6 Å². The zero-order valence-electron chi connectivity index (χ0n) is 14.0. The second-order valence-electron chi connectivity index (χ2n) is 6.41. The quantitative estimate of drug-likeness (QED) is 0.897. The summed E-state index contributed by atoms with van der Waals surface area (Å²) in [6.07, 6.45) is 4.17. The highest BCUT2D eigenvalue weighted by atomic mass is 35.5. The average molecular weight is 338 g/mol. The van der Waals surface area contributed by atoms with Crippen LogP contribution in [0.5, 0.6) is 0 Å². The second-order valence-corrected chi connectivity index (χ2v) is 6.41. The van der Waals surface area contributed by atoms with Gasteiger partial charge in [-0.3, -0.25) is 4.79 Å². The summed E-state index contributed by atoms with van der Waals surface area (Å²) in [6, 6.07) is 6.37. The van der Waals surface area contributed by atoms with E-state index in [1.807, 2.05) is 6.07 Å². The van der Waals surface area contributed by atoms with Crippen molar-refractivity contribution in [2.24, 2.45) is 0 Å². The molecule has 2 aliphatic rings. The van der Waals surface area contributed by atoms with Gasteiger partial charge in [0.2, 0.25) is 5.91 Å². The standard InChI is InChI=1S/C18H27N3O.ClH/c1-2-20-10-12-21(13-11-20)9-8-18(22)19-17-7-6-15-4-3-5-16(15)14-17;/h6-7,14H,2-5,8-13H2,1H3,(H,19,22);1H. The SMILES string of the molecule is CCN1CCN(CCC(=O)Nc2ccc3c(c2)CCC3)CC1.Cl. The zero-order valence-corrected chi connectivity index (χ0v) is 14.8. The van der Waals surface area contributed by atoms with E-state index in [1.165, 1.54) is 24.0 Å². The van der Waals surface area contributed by atoms with Gasteiger partial charge in [-0.05, 0) is 49.1 Å². The summed E-state index contributed by atoms with van der Waals surface area (Å²) >= 11 is 0. The molecular formula is C18H28ClN3O. The third-order valence-corrected chi connectivity index (χ3v) is 4.95. The number of piperazine rings is 1. The summed E-state index contributed by atoms with van der Waals surface area (Å²) in [4.78, 5) is 17.0. The van der Waals surface area contributed by atoms with Crippen LogP contribution in [0.4, 0.5) is 5.69 Å². The van der Waals surface area contributed by atoms with Gasteiger partial charge in [0.05, 0.1) is 0 Å². The molecule has 1 amide bonds. The summed E-state index contributed by atoms with van der Waals surface area (Å²) < 4.78 is 0. The molecule has 0 aromatic heterocycles. The summed E-state index contributed by atoms with van der Waals surface area (Å²) in [5.41, 5.74) is 3.82. The number of likely N-dealkylation sites (N-methyl/N-ethyl adjacent to an activating group) is 1. The molecule has 0 unspecified atom stereocenters. The van der Waals surface area contributed by atoms with Gasteiger partial charge >= 0.3 is 0 Å². The van der Waals surface area contributed by atoms with Crippen LogP contribution in [0.15, 0.2) is 18.2 Å². The van der Waals surface area contributed by atoms with Crippen molar-refractivity contribution < 1.29 is 4.79 Å². The lowest BCUT2D eigenvalue weighted by Gasteiger charge is -2.33. The second kappa shape index (κ2) is 8.67. The number of halogens is 1. The number of nitrogens with zero attached hydrogens (tertiary/aromatic N) is 2. The third kappa shape index (κ3) is 4.93. The van der Waals surface area contributed by atoms with Crippen LogP contribution < -0.4 is 5.32 Å². The van der Waals surface area contributed by atoms with Gasteiger partial charge < -0.3 is 15.1 Å². The van der Waals surface area contributed by atoms with Gasteiger partial charge in [-0.25, -0.2) is 0 Å². The Bertz CT molecular complexity index is 527. The van der Waals surface area contributed by atoms with Crippen molar-refractivity contribution in [3.8, 4) is 0 Å². The maximum atomic E-state index is 12.1. The molecule has 0 saturated carbocycles. The molecule has 0 radical (unpaired) electrons. The van der Waals surface area contributed by atoms with Crippen molar-refractivity contribution in [1.82, 2.24) is 9.80 Å². The van der Waals surface area contributed by atoms with Crippen molar-refractivity contribution >= 4 is 24.0 Å². The van der Waals surface area contributed by atoms with E-state index in [2.05, 4.69) is 34.2 Å². The summed E-state index contributed by atoms with van der Waals surface area (Å²) in [6.45, 7) is 8.63. The number of fused-ring (bicyclic) bond motifs is 1. The summed E-state index contributed by atoms with van der Waals surface area (Å²) in [5.74, 6) is 0.135. The van der Waals surface area contributed by atoms with E-state index >= 15 is 0 Å². The summed E-state index contributed by atoms with van der Waals surface area (Å²) in [7, 11) is 0. The van der Waals surface area contributed by atoms with Crippen molar-refractivity contribution in [2.45, 2.75) is 32.6 Å². The first-order valence-corrected chi connectivity index (χ1v) is 8.61. The fraction of sp³-hybridized carbons (Fsp3) is 0.611. The van der Waals surface area contributed by atoms with Crippen LogP contribution in [0.25, 0.3) is 0 Å². The molecule has 0 bridgehead atoms. The van der Waals surface area contributed by atoms with E-state index in [0.29, 0.717) is 6.42 Å². The number of carbonyl (C=O) groups is 1. The molecule has 1 N–H and O–H groups in total. The van der Waals surface area contributed by atoms with Gasteiger partial charge in [-0.1, -0.05) is 13.0 Å². The lowest BCUT2D eigenvalue weighted by Crippen LogP contribution is -2.46. The number of carbonyl (C=O) groups excluding carboxylic acids is 1. The molecule has 1 aromatic rings. The zero-order chi connectivity index (χ0) is 15.4. The van der Waals surface area contributed by atoms with Crippen molar-refractivity contribution in [2.75, 3.05) is 44.6 Å². The summed E-state index contributed by atoms with van der Waals surface area (Å²) in [5, 5.41) is 3.06. The number of hydrogen-bond donors (Lipinski definition) is 1. The van der Waals surface area contributed by atoms with E-state index in [-0.39, 0.29) is 18.3 Å². The highest BCUT2D eigenvalue weighted by molar-refractivity contribution is 5.91. The number of aryl methyl sites for hydroxylation is 2. The number of rotatable bonds is 5. The van der Waals surface area contributed by atoms with E-state index in [0.717, 1.165) is 51.4 Å². The molecule has 1 heterocycles. The van der Waals surface area contributed by atoms with Crippen molar-refractivity contribution in [1.29, 1.82) is 0 Å². The maximum Gasteiger partial charge on any atom is 0.225 e. The fourth-order valence-electron chi connectivity index (χ4n) is 3.46. The lowest BCUT2D eigenvalue weighted by atomic mass is 10.1. The van der Waals surface area contributed by atoms with Crippen molar-refractivity contribution in [3.05, 3.63) is 29.3 Å². The number of amides is 1. The maximum absolute atomic E-state index is 12.1. The van der Waals surface area contributed by atoms with Gasteiger partial charge in [0, 0.05) is 44.8 Å². The van der Waals surface area contributed by atoms with E-state index in [9.17, 15) is 4.79 Å². The molecule has 1 saturated heterocycles. The molecular weight excluding hydrogens is 310 g/mol. The van der Waals surface area contributed by atoms with Gasteiger partial charge in [-0.2, -0.15) is 0 Å². The molecule has 23 heavy (non-hydrogen) atoms. The Balaban J connectivity index is 0.00000192. The smallest absolute Gasteiger partial charge is 0.225 e. The first kappa shape index (κ1) is 18.2. The Hall–Kier alpha value is -1.10. The molecule has 1 aliphatic carbocycles. The van der Waals surface area contributed by atoms with Crippen LogP contribution >= 0.6 is 12.4 Å². The Morgan fingerprint density at radius 1 is 1.09 bits per heavy atom. The lowest BCUT2D eigenvalue weighted by molar-refractivity contribution is -0.116. The van der Waals surface area contributed by atoms with E-state index < -0.39 is 0 Å². The first-order valence-electron chi connectivity index (χ1n) is 8.61. The van der Waals surface area contributed by atoms with Crippen LogP contribution in [0, 0.1) is 0 Å². The Morgan fingerprint density at radius 2 is 1.78 bits per heavy atom. The third-order valence-electron chi connectivity index (χ3n) is 4.95. The Labute approximate surface area is 145 Å². The van der Waals surface area contributed by atoms with Gasteiger partial charge in [-0.15, -0.1) is 12.4 Å². The number of hydrogen-bond acceptors (Lipinski definition) is 3. The predicted octanol–water partition coefficient (Wildman–Crippen LogP) is 2.56. The van der Waals surface area contributed by atoms with Gasteiger partial charge in [0.15, 0.2) is 0 Å². The molecule has 3 rings (SSSR count). The van der Waals surface area contributed by atoms with Crippen LogP contribution in [0.3, 0.4) is 0 Å². The van der Waals surface area contributed by atoms with Crippen LogP contribution in [0.2, 0.25) is 0 Å². The van der Waals surface area contributed by atoms with E-state index in [1.54, 1.807) is 0 Å². The number of benzene rings is 1. The molecule has 128 valence electrons. The highest BCUT2D eigenvalue weighted by Crippen LogP contribution is 2.24. The number of nitrogens with one attached hydrogen (secondary N) is 1. The van der Waals surface area contributed by atoms with Crippen LogP contribution in [-0.4, -0.2) is 55.0 Å². The first-order chi connectivity index (χ1) is 10.7. The largest absolute Gasteiger partial charge is 0.326 e. The fourth-order valence-corrected chi connectivity index (χ4v) is 3.46. The molecule has 5 heteroatoms. The molecule has 0 spiro atoms. The minimum absolute atomic E-state index is 0. The molecule has 1 fully saturated rings. The monoisotopic (exact) mass is 337 g/mol. The van der Waals surface area contributed by atoms with E-state index in [4.69, 9.17) is 0 Å². The molecule has 0 atom stereocenters. The topological polar surface area (TPSA) is 35.6 Å². The minimum Gasteiger partial charge on any atom is -0.326 e. The molecule has 4 nitrogen and oxygen atoms in total. The molecule has 1 aromatic carbocycles. The predicted molar refractivity (Wildman–Crippen MR) is 97.5 cm³/mol. The van der Waals surface area contributed by atoms with Gasteiger partial charge in [0.1, 0.15) is 0 Å². The molecule has 1 aliphatic heterocycles. The average Bonchev–Trinajstić information content (AvgIpc) is 3.01. The van der Waals surface area contributed by atoms with Crippen molar-refractivity contribution in [3.63, 3.8) is 0 Å².